The summed E-state index contributed by atoms with van der Waals surface area (Å²) in [6.45, 7) is 1.87. The van der Waals surface area contributed by atoms with Gasteiger partial charge in [0, 0.05) is 11.1 Å². The van der Waals surface area contributed by atoms with Crippen molar-refractivity contribution >= 4 is 5.78 Å². The molecular weight excluding hydrogens is 269 g/mol. The molecule has 0 radical (unpaired) electrons. The minimum Gasteiger partial charge on any atom is -0.496 e. The second-order valence-electron chi connectivity index (χ2n) is 4.68. The van der Waals surface area contributed by atoms with Gasteiger partial charge < -0.3 is 4.74 Å². The fraction of sp³-hybridized carbons (Fsp3) is 0.176. The molecule has 0 spiro atoms. The fourth-order valence-electron chi connectivity index (χ4n) is 2.13. The third-order valence-electron chi connectivity index (χ3n) is 3.22. The summed E-state index contributed by atoms with van der Waals surface area (Å²) in [4.78, 5) is 12.5. The number of benzene rings is 2. The second-order valence-corrected chi connectivity index (χ2v) is 4.68. The van der Waals surface area contributed by atoms with E-state index in [1.165, 1.54) is 31.4 Å². The lowest BCUT2D eigenvalue weighted by Gasteiger charge is -2.14. The van der Waals surface area contributed by atoms with Gasteiger partial charge in [-0.15, -0.1) is 0 Å². The van der Waals surface area contributed by atoms with E-state index in [0.717, 1.165) is 5.56 Å². The number of hydrogen-bond acceptors (Lipinski definition) is 3. The lowest BCUT2D eigenvalue weighted by molar-refractivity contribution is 0.0978. The van der Waals surface area contributed by atoms with Gasteiger partial charge in [0.15, 0.2) is 5.78 Å². The van der Waals surface area contributed by atoms with E-state index in [4.69, 9.17) is 4.74 Å². The van der Waals surface area contributed by atoms with Crippen molar-refractivity contribution in [3.63, 3.8) is 0 Å². The van der Waals surface area contributed by atoms with Gasteiger partial charge in [-0.1, -0.05) is 17.7 Å². The number of hydrogen-bond donors (Lipinski definition) is 0. The van der Waals surface area contributed by atoms with Crippen molar-refractivity contribution in [2.45, 2.75) is 12.8 Å². The summed E-state index contributed by atoms with van der Waals surface area (Å²) in [7, 11) is 1.49. The normalized spacial score (nSPS) is 11.5. The molecule has 0 heterocycles. The summed E-state index contributed by atoms with van der Waals surface area (Å²) in [5.74, 6) is -1.29. The highest BCUT2D eigenvalue weighted by Gasteiger charge is 2.25. The molecular formula is C17H14FNO2. The number of halogens is 1. The molecule has 0 aromatic heterocycles. The first-order chi connectivity index (χ1) is 10.1. The maximum atomic E-state index is 12.9. The monoisotopic (exact) mass is 283 g/mol. The Kier molecular flexibility index (Phi) is 4.34. The molecule has 0 aliphatic carbocycles. The van der Waals surface area contributed by atoms with Crippen molar-refractivity contribution in [1.29, 1.82) is 5.26 Å². The molecule has 0 aliphatic rings. The number of methoxy groups -OCH3 is 1. The van der Waals surface area contributed by atoms with Crippen LogP contribution in [0.1, 0.15) is 27.4 Å². The second kappa shape index (κ2) is 6.19. The molecule has 4 heteroatoms. The molecule has 106 valence electrons. The van der Waals surface area contributed by atoms with E-state index in [2.05, 4.69) is 0 Å². The van der Waals surface area contributed by atoms with Gasteiger partial charge in [-0.3, -0.25) is 4.79 Å². The first kappa shape index (κ1) is 14.7. The fourth-order valence-corrected chi connectivity index (χ4v) is 2.13. The van der Waals surface area contributed by atoms with Crippen LogP contribution in [-0.4, -0.2) is 12.9 Å². The quantitative estimate of drug-likeness (QED) is 0.805. The van der Waals surface area contributed by atoms with E-state index in [1.54, 1.807) is 12.1 Å². The third-order valence-corrected chi connectivity index (χ3v) is 3.22. The number of ether oxygens (including phenoxy) is 1. The van der Waals surface area contributed by atoms with E-state index in [-0.39, 0.29) is 5.78 Å². The molecule has 0 aliphatic heterocycles. The molecule has 0 amide bonds. The topological polar surface area (TPSA) is 50.1 Å². The van der Waals surface area contributed by atoms with Gasteiger partial charge in [0.2, 0.25) is 0 Å². The zero-order chi connectivity index (χ0) is 15.4. The van der Waals surface area contributed by atoms with E-state index in [0.29, 0.717) is 16.9 Å². The Hall–Kier alpha value is -2.67. The lowest BCUT2D eigenvalue weighted by atomic mass is 9.90. The molecule has 2 aromatic carbocycles. The van der Waals surface area contributed by atoms with Gasteiger partial charge in [0.1, 0.15) is 17.5 Å². The van der Waals surface area contributed by atoms with Crippen molar-refractivity contribution in [2.75, 3.05) is 7.11 Å². The Morgan fingerprint density at radius 2 is 1.90 bits per heavy atom. The van der Waals surface area contributed by atoms with Crippen LogP contribution in [-0.2, 0) is 0 Å². The summed E-state index contributed by atoms with van der Waals surface area (Å²) < 4.78 is 18.2. The van der Waals surface area contributed by atoms with Crippen LogP contribution in [0.2, 0.25) is 0 Å². The number of aryl methyl sites for hydroxylation is 1. The predicted octanol–water partition coefficient (Wildman–Crippen LogP) is 3.63. The van der Waals surface area contributed by atoms with Crippen LogP contribution in [0.5, 0.6) is 5.75 Å². The highest BCUT2D eigenvalue weighted by atomic mass is 19.1. The minimum absolute atomic E-state index is 0.298. The molecule has 1 atom stereocenters. The molecule has 0 N–H and O–H groups in total. The maximum Gasteiger partial charge on any atom is 0.184 e. The molecule has 1 unspecified atom stereocenters. The SMILES string of the molecule is COc1ccc(C)cc1C(C#N)C(=O)c1ccc(F)cc1. The Bertz CT molecular complexity index is 702. The summed E-state index contributed by atoms with van der Waals surface area (Å²) in [5.41, 5.74) is 1.75. The molecule has 21 heavy (non-hydrogen) atoms. The maximum absolute atomic E-state index is 12.9. The minimum atomic E-state index is -0.981. The molecule has 0 bridgehead atoms. The Morgan fingerprint density at radius 1 is 1.24 bits per heavy atom. The number of Topliss-reactive ketones (excluding diaryl/α,β-unsaturated/α-hetero) is 1. The highest BCUT2D eigenvalue weighted by molar-refractivity contribution is 6.03. The predicted molar refractivity (Wildman–Crippen MR) is 76.8 cm³/mol. The molecule has 2 aromatic rings. The van der Waals surface area contributed by atoms with Gasteiger partial charge in [-0.25, -0.2) is 4.39 Å². The smallest absolute Gasteiger partial charge is 0.184 e. The van der Waals surface area contributed by atoms with E-state index in [9.17, 15) is 14.4 Å². The Balaban J connectivity index is 2.45. The van der Waals surface area contributed by atoms with E-state index >= 15 is 0 Å². The first-order valence-electron chi connectivity index (χ1n) is 6.40. The summed E-state index contributed by atoms with van der Waals surface area (Å²) in [6, 6.07) is 12.5. The van der Waals surface area contributed by atoms with Crippen LogP contribution >= 0.6 is 0 Å². The van der Waals surface area contributed by atoms with Crippen LogP contribution in [0.3, 0.4) is 0 Å². The highest BCUT2D eigenvalue weighted by Crippen LogP contribution is 2.30. The van der Waals surface area contributed by atoms with Crippen molar-refractivity contribution in [1.82, 2.24) is 0 Å². The van der Waals surface area contributed by atoms with E-state index < -0.39 is 11.7 Å². The Morgan fingerprint density at radius 3 is 2.48 bits per heavy atom. The molecule has 3 nitrogen and oxygen atoms in total. The number of nitriles is 1. The van der Waals surface area contributed by atoms with E-state index in [1.807, 2.05) is 19.1 Å². The van der Waals surface area contributed by atoms with Crippen molar-refractivity contribution < 1.29 is 13.9 Å². The molecule has 0 fully saturated rings. The van der Waals surface area contributed by atoms with Gasteiger partial charge in [-0.05, 0) is 37.3 Å². The van der Waals surface area contributed by atoms with Crippen LogP contribution in [0.15, 0.2) is 42.5 Å². The lowest BCUT2D eigenvalue weighted by Crippen LogP contribution is -2.12. The number of nitrogens with zero attached hydrogens (tertiary/aromatic N) is 1. The van der Waals surface area contributed by atoms with Crippen LogP contribution < -0.4 is 4.74 Å². The summed E-state index contributed by atoms with van der Waals surface area (Å²) >= 11 is 0. The van der Waals surface area contributed by atoms with Crippen LogP contribution in [0.25, 0.3) is 0 Å². The third kappa shape index (κ3) is 3.09. The Labute approximate surface area is 122 Å². The first-order valence-corrected chi connectivity index (χ1v) is 6.40. The zero-order valence-electron chi connectivity index (χ0n) is 11.8. The zero-order valence-corrected chi connectivity index (χ0v) is 11.8. The van der Waals surface area contributed by atoms with Crippen molar-refractivity contribution in [3.05, 3.63) is 65.0 Å². The van der Waals surface area contributed by atoms with Gasteiger partial charge >= 0.3 is 0 Å². The standard InChI is InChI=1S/C17H14FNO2/c1-11-3-8-16(21-2)14(9-11)15(10-19)17(20)12-4-6-13(18)7-5-12/h3-9,15H,1-2H3. The van der Waals surface area contributed by atoms with Gasteiger partial charge in [-0.2, -0.15) is 5.26 Å². The average Bonchev–Trinajstić information content (AvgIpc) is 2.49. The largest absolute Gasteiger partial charge is 0.496 e. The van der Waals surface area contributed by atoms with Crippen LogP contribution in [0.4, 0.5) is 4.39 Å². The average molecular weight is 283 g/mol. The molecule has 0 saturated carbocycles. The molecule has 0 saturated heterocycles. The number of rotatable bonds is 4. The van der Waals surface area contributed by atoms with Gasteiger partial charge in [0.05, 0.1) is 13.2 Å². The summed E-state index contributed by atoms with van der Waals surface area (Å²) in [6.07, 6.45) is 0. The number of carbonyl (C=O) groups is 1. The summed E-state index contributed by atoms with van der Waals surface area (Å²) in [5, 5.41) is 9.38. The molecule has 2 rings (SSSR count). The number of carbonyl (C=O) groups excluding carboxylic acids is 1. The van der Waals surface area contributed by atoms with Crippen molar-refractivity contribution in [3.8, 4) is 11.8 Å². The number of ketones is 1. The van der Waals surface area contributed by atoms with Crippen molar-refractivity contribution in [2.24, 2.45) is 0 Å². The van der Waals surface area contributed by atoms with Gasteiger partial charge in [0.25, 0.3) is 0 Å². The van der Waals surface area contributed by atoms with Crippen LogP contribution in [0, 0.1) is 24.1 Å².